The average molecular weight is 290 g/mol. The van der Waals surface area contributed by atoms with Gasteiger partial charge in [0.25, 0.3) is 0 Å². The van der Waals surface area contributed by atoms with Crippen LogP contribution in [0.15, 0.2) is 24.3 Å². The lowest BCUT2D eigenvalue weighted by Gasteiger charge is -2.36. The van der Waals surface area contributed by atoms with Gasteiger partial charge in [0.1, 0.15) is 0 Å². The first-order valence-electron chi connectivity index (χ1n) is 7.87. The molecule has 0 spiro atoms. The number of rotatable bonds is 6. The molecule has 1 saturated heterocycles. The maximum atomic E-state index is 11.9. The molecule has 0 amide bonds. The smallest absolute Gasteiger partial charge is 0.338 e. The Hall–Kier alpha value is -1.39. The molecule has 0 unspecified atom stereocenters. The van der Waals surface area contributed by atoms with E-state index in [1.54, 1.807) is 0 Å². The summed E-state index contributed by atoms with van der Waals surface area (Å²) >= 11 is 0. The number of ether oxygens (including phenoxy) is 1. The van der Waals surface area contributed by atoms with Crippen LogP contribution in [0.25, 0.3) is 0 Å². The molecule has 1 aliphatic heterocycles. The minimum absolute atomic E-state index is 0.245. The molecule has 4 heteroatoms. The topological polar surface area (TPSA) is 41.6 Å². The number of carbonyl (C=O) groups excluding carboxylic acids is 1. The van der Waals surface area contributed by atoms with Gasteiger partial charge in [0.05, 0.1) is 12.7 Å². The van der Waals surface area contributed by atoms with Crippen molar-refractivity contribution in [1.29, 1.82) is 0 Å². The predicted molar refractivity (Wildman–Crippen MR) is 84.4 cm³/mol. The summed E-state index contributed by atoms with van der Waals surface area (Å²) < 4.78 is 4.89. The minimum atomic E-state index is -0.245. The van der Waals surface area contributed by atoms with Crippen LogP contribution in [0.4, 0.5) is 0 Å². The van der Waals surface area contributed by atoms with E-state index < -0.39 is 0 Å². The number of unbranched alkanes of at least 4 members (excludes halogenated alkanes) is 1. The van der Waals surface area contributed by atoms with E-state index in [0.717, 1.165) is 31.7 Å². The summed E-state index contributed by atoms with van der Waals surface area (Å²) in [7, 11) is 1.44. The van der Waals surface area contributed by atoms with E-state index in [0.29, 0.717) is 11.6 Å². The van der Waals surface area contributed by atoms with Gasteiger partial charge in [-0.15, -0.1) is 0 Å². The molecule has 0 radical (unpaired) electrons. The van der Waals surface area contributed by atoms with Crippen LogP contribution < -0.4 is 5.32 Å². The van der Waals surface area contributed by atoms with E-state index in [2.05, 4.69) is 17.1 Å². The zero-order valence-corrected chi connectivity index (χ0v) is 13.1. The molecule has 1 aromatic carbocycles. The van der Waals surface area contributed by atoms with Crippen molar-refractivity contribution in [1.82, 2.24) is 10.2 Å². The summed E-state index contributed by atoms with van der Waals surface area (Å²) in [6.07, 6.45) is 3.69. The van der Waals surface area contributed by atoms with Gasteiger partial charge in [-0.05, 0) is 18.1 Å². The van der Waals surface area contributed by atoms with E-state index >= 15 is 0 Å². The minimum Gasteiger partial charge on any atom is -0.465 e. The lowest BCUT2D eigenvalue weighted by atomic mass is 10.0. The van der Waals surface area contributed by atoms with E-state index in [1.807, 2.05) is 24.3 Å². The molecule has 1 fully saturated rings. The number of carbonyl (C=O) groups is 1. The number of piperazine rings is 1. The molecule has 0 aliphatic carbocycles. The molecule has 1 heterocycles. The molecule has 1 aliphatic rings. The Bertz CT molecular complexity index is 462. The first-order chi connectivity index (χ1) is 10.3. The highest BCUT2D eigenvalue weighted by Gasteiger charge is 2.23. The van der Waals surface area contributed by atoms with Crippen molar-refractivity contribution in [3.8, 4) is 0 Å². The van der Waals surface area contributed by atoms with Gasteiger partial charge in [-0.2, -0.15) is 0 Å². The molecule has 1 aromatic rings. The Balaban J connectivity index is 2.10. The Kier molecular flexibility index (Phi) is 6.21. The summed E-state index contributed by atoms with van der Waals surface area (Å²) in [6, 6.07) is 8.33. The molecule has 0 aromatic heterocycles. The number of benzene rings is 1. The maximum Gasteiger partial charge on any atom is 0.338 e. The van der Waals surface area contributed by atoms with Crippen molar-refractivity contribution in [3.05, 3.63) is 35.4 Å². The second-order valence-electron chi connectivity index (χ2n) is 5.62. The van der Waals surface area contributed by atoms with E-state index in [4.69, 9.17) is 4.74 Å². The number of hydrogen-bond acceptors (Lipinski definition) is 4. The third-order valence-electron chi connectivity index (χ3n) is 4.16. The fraction of sp³-hybridized carbons (Fsp3) is 0.588. The van der Waals surface area contributed by atoms with Gasteiger partial charge in [-0.3, -0.25) is 4.90 Å². The first kappa shape index (κ1) is 16.0. The Morgan fingerprint density at radius 2 is 2.24 bits per heavy atom. The largest absolute Gasteiger partial charge is 0.465 e. The van der Waals surface area contributed by atoms with E-state index in [1.165, 1.54) is 26.4 Å². The van der Waals surface area contributed by atoms with Crippen LogP contribution in [0.5, 0.6) is 0 Å². The van der Waals surface area contributed by atoms with Crippen molar-refractivity contribution in [2.75, 3.05) is 26.7 Å². The number of esters is 1. The Labute approximate surface area is 127 Å². The van der Waals surface area contributed by atoms with Gasteiger partial charge < -0.3 is 10.1 Å². The monoisotopic (exact) mass is 290 g/mol. The highest BCUT2D eigenvalue weighted by atomic mass is 16.5. The number of hydrogen-bond donors (Lipinski definition) is 1. The molecule has 1 atom stereocenters. The third kappa shape index (κ3) is 4.29. The van der Waals surface area contributed by atoms with Crippen LogP contribution in [0.3, 0.4) is 0 Å². The second-order valence-corrected chi connectivity index (χ2v) is 5.62. The summed E-state index contributed by atoms with van der Waals surface area (Å²) in [6.45, 7) is 6.14. The number of methoxy groups -OCH3 is 1. The Morgan fingerprint density at radius 3 is 3.00 bits per heavy atom. The Morgan fingerprint density at radius 1 is 1.43 bits per heavy atom. The molecule has 0 bridgehead atoms. The molecule has 4 nitrogen and oxygen atoms in total. The fourth-order valence-corrected chi connectivity index (χ4v) is 2.92. The van der Waals surface area contributed by atoms with Crippen LogP contribution in [0.1, 0.15) is 42.1 Å². The number of nitrogens with zero attached hydrogens (tertiary/aromatic N) is 1. The third-order valence-corrected chi connectivity index (χ3v) is 4.16. The fourth-order valence-electron chi connectivity index (χ4n) is 2.92. The molecular weight excluding hydrogens is 264 g/mol. The van der Waals surface area contributed by atoms with Gasteiger partial charge >= 0.3 is 5.97 Å². The van der Waals surface area contributed by atoms with Gasteiger partial charge in [0.2, 0.25) is 0 Å². The molecule has 0 saturated carbocycles. The summed E-state index contributed by atoms with van der Waals surface area (Å²) in [5, 5.41) is 3.47. The molecular formula is C17H26N2O2. The quantitative estimate of drug-likeness (QED) is 0.817. The number of nitrogens with one attached hydrogen (secondary N) is 1. The van der Waals surface area contributed by atoms with Gasteiger partial charge in [0, 0.05) is 32.2 Å². The summed E-state index contributed by atoms with van der Waals surface area (Å²) in [5.41, 5.74) is 1.75. The summed E-state index contributed by atoms with van der Waals surface area (Å²) in [4.78, 5) is 14.4. The van der Waals surface area contributed by atoms with Crippen molar-refractivity contribution >= 4 is 5.97 Å². The van der Waals surface area contributed by atoms with Crippen molar-refractivity contribution in [2.45, 2.75) is 38.8 Å². The average Bonchev–Trinajstić information content (AvgIpc) is 2.54. The maximum absolute atomic E-state index is 11.9. The zero-order chi connectivity index (χ0) is 15.1. The summed E-state index contributed by atoms with van der Waals surface area (Å²) in [5.74, 6) is -0.245. The van der Waals surface area contributed by atoms with Crippen LogP contribution in [-0.4, -0.2) is 43.7 Å². The molecule has 21 heavy (non-hydrogen) atoms. The molecule has 2 rings (SSSR count). The normalized spacial score (nSPS) is 19.4. The SMILES string of the molecule is CCCC[C@@H]1CNCCN1Cc1ccccc1C(=O)OC. The second kappa shape index (κ2) is 8.15. The van der Waals surface area contributed by atoms with Crippen LogP contribution in [0.2, 0.25) is 0 Å². The molecule has 116 valence electrons. The van der Waals surface area contributed by atoms with Crippen molar-refractivity contribution in [3.63, 3.8) is 0 Å². The molecule has 1 N–H and O–H groups in total. The van der Waals surface area contributed by atoms with E-state index in [9.17, 15) is 4.79 Å². The lowest BCUT2D eigenvalue weighted by molar-refractivity contribution is 0.0596. The van der Waals surface area contributed by atoms with Crippen molar-refractivity contribution < 1.29 is 9.53 Å². The van der Waals surface area contributed by atoms with Crippen LogP contribution in [0, 0.1) is 0 Å². The van der Waals surface area contributed by atoms with Gasteiger partial charge in [-0.1, -0.05) is 38.0 Å². The van der Waals surface area contributed by atoms with Gasteiger partial charge in [-0.25, -0.2) is 4.79 Å². The van der Waals surface area contributed by atoms with Crippen LogP contribution in [-0.2, 0) is 11.3 Å². The highest BCUT2D eigenvalue weighted by Crippen LogP contribution is 2.18. The highest BCUT2D eigenvalue weighted by molar-refractivity contribution is 5.90. The first-order valence-corrected chi connectivity index (χ1v) is 7.87. The van der Waals surface area contributed by atoms with Gasteiger partial charge in [0.15, 0.2) is 0 Å². The predicted octanol–water partition coefficient (Wildman–Crippen LogP) is 2.44. The lowest BCUT2D eigenvalue weighted by Crippen LogP contribution is -2.50. The van der Waals surface area contributed by atoms with Crippen LogP contribution >= 0.6 is 0 Å². The van der Waals surface area contributed by atoms with E-state index in [-0.39, 0.29) is 5.97 Å². The standard InChI is InChI=1S/C17H26N2O2/c1-3-4-8-15-12-18-10-11-19(15)13-14-7-5-6-9-16(14)17(20)21-2/h5-7,9,15,18H,3-4,8,10-13H2,1-2H3/t15-/m1/s1. The van der Waals surface area contributed by atoms with Crippen molar-refractivity contribution in [2.24, 2.45) is 0 Å². The zero-order valence-electron chi connectivity index (χ0n) is 13.1.